The topological polar surface area (TPSA) is 36.6 Å². The zero-order valence-electron chi connectivity index (χ0n) is 7.86. The van der Waals surface area contributed by atoms with E-state index in [-0.39, 0.29) is 0 Å². The third kappa shape index (κ3) is 1.92. The van der Waals surface area contributed by atoms with E-state index in [0.29, 0.717) is 6.42 Å². The number of rotatable bonds is 2. The molecule has 0 amide bonds. The van der Waals surface area contributed by atoms with Gasteiger partial charge in [0.05, 0.1) is 18.1 Å². The monoisotopic (exact) mass is 181 g/mol. The molecular formula is C10H15NO2. The van der Waals surface area contributed by atoms with E-state index < -0.39 is 5.60 Å². The maximum Gasteiger partial charge on any atom is 0.0935 e. The van der Waals surface area contributed by atoms with E-state index in [9.17, 15) is 5.11 Å². The summed E-state index contributed by atoms with van der Waals surface area (Å²) in [5.74, 6) is 0. The van der Waals surface area contributed by atoms with Crippen molar-refractivity contribution in [2.75, 3.05) is 20.1 Å². The molecule has 1 unspecified atom stereocenters. The molecule has 72 valence electrons. The molecule has 1 saturated heterocycles. The summed E-state index contributed by atoms with van der Waals surface area (Å²) in [6.45, 7) is 1.74. The Kier molecular flexibility index (Phi) is 2.14. The number of aliphatic hydroxyl groups is 1. The molecule has 0 spiro atoms. The Morgan fingerprint density at radius 1 is 1.69 bits per heavy atom. The summed E-state index contributed by atoms with van der Waals surface area (Å²) >= 11 is 0. The van der Waals surface area contributed by atoms with Gasteiger partial charge in [0.2, 0.25) is 0 Å². The minimum absolute atomic E-state index is 0.543. The summed E-state index contributed by atoms with van der Waals surface area (Å²) in [5, 5.41) is 10.2. The van der Waals surface area contributed by atoms with Gasteiger partial charge in [0.15, 0.2) is 0 Å². The van der Waals surface area contributed by atoms with E-state index in [1.54, 1.807) is 12.5 Å². The van der Waals surface area contributed by atoms with Crippen LogP contribution in [0.5, 0.6) is 0 Å². The van der Waals surface area contributed by atoms with Crippen LogP contribution in [-0.2, 0) is 6.42 Å². The molecule has 2 heterocycles. The van der Waals surface area contributed by atoms with Crippen molar-refractivity contribution in [1.29, 1.82) is 0 Å². The zero-order valence-corrected chi connectivity index (χ0v) is 7.86. The van der Waals surface area contributed by atoms with E-state index in [4.69, 9.17) is 4.42 Å². The molecule has 1 aromatic rings. The molecular weight excluding hydrogens is 166 g/mol. The molecule has 13 heavy (non-hydrogen) atoms. The first kappa shape index (κ1) is 8.78. The number of hydrogen-bond donors (Lipinski definition) is 1. The molecule has 0 aliphatic carbocycles. The van der Waals surface area contributed by atoms with Crippen LogP contribution < -0.4 is 0 Å². The van der Waals surface area contributed by atoms with Crippen molar-refractivity contribution in [2.45, 2.75) is 18.4 Å². The summed E-state index contributed by atoms with van der Waals surface area (Å²) in [7, 11) is 2.04. The van der Waals surface area contributed by atoms with Crippen molar-refractivity contribution in [2.24, 2.45) is 0 Å². The van der Waals surface area contributed by atoms with E-state index in [1.807, 2.05) is 13.1 Å². The first-order valence-corrected chi connectivity index (χ1v) is 4.60. The number of likely N-dealkylation sites (N-methyl/N-ethyl adjacent to an activating group) is 1. The van der Waals surface area contributed by atoms with Crippen LogP contribution in [0.1, 0.15) is 12.0 Å². The molecule has 2 rings (SSSR count). The Morgan fingerprint density at radius 3 is 3.08 bits per heavy atom. The number of β-amino-alcohol motifs (C(OH)–C–C–N with tert-alkyl or cyclic N) is 1. The second kappa shape index (κ2) is 3.16. The third-order valence-electron chi connectivity index (χ3n) is 2.64. The van der Waals surface area contributed by atoms with Gasteiger partial charge in [0.25, 0.3) is 0 Å². The van der Waals surface area contributed by atoms with Gasteiger partial charge in [-0.25, -0.2) is 0 Å². The average Bonchev–Trinajstić information content (AvgIpc) is 2.62. The van der Waals surface area contributed by atoms with E-state index in [2.05, 4.69) is 4.90 Å². The van der Waals surface area contributed by atoms with Crippen molar-refractivity contribution >= 4 is 0 Å². The second-order valence-electron chi connectivity index (χ2n) is 4.02. The van der Waals surface area contributed by atoms with Gasteiger partial charge in [0, 0.05) is 19.5 Å². The van der Waals surface area contributed by atoms with Gasteiger partial charge < -0.3 is 14.4 Å². The zero-order chi connectivity index (χ0) is 9.31. The fraction of sp³-hybridized carbons (Fsp3) is 0.600. The predicted octanol–water partition coefficient (Wildman–Crippen LogP) is 0.889. The van der Waals surface area contributed by atoms with Crippen LogP contribution in [0.15, 0.2) is 23.0 Å². The highest BCUT2D eigenvalue weighted by atomic mass is 16.3. The Hall–Kier alpha value is -0.800. The van der Waals surface area contributed by atoms with Gasteiger partial charge in [-0.05, 0) is 25.1 Å². The van der Waals surface area contributed by atoms with Gasteiger partial charge in [-0.2, -0.15) is 0 Å². The largest absolute Gasteiger partial charge is 0.472 e. The molecule has 1 N–H and O–H groups in total. The molecule has 1 aromatic heterocycles. The lowest BCUT2D eigenvalue weighted by Crippen LogP contribution is -2.34. The molecule has 0 aromatic carbocycles. The molecule has 3 heteroatoms. The molecule has 3 nitrogen and oxygen atoms in total. The fourth-order valence-corrected chi connectivity index (χ4v) is 1.98. The van der Waals surface area contributed by atoms with Gasteiger partial charge in [0.1, 0.15) is 0 Å². The SMILES string of the molecule is CN1CCC(O)(Cc2ccoc2)C1. The van der Waals surface area contributed by atoms with Crippen LogP contribution in [0, 0.1) is 0 Å². The van der Waals surface area contributed by atoms with Crippen LogP contribution in [0.2, 0.25) is 0 Å². The number of hydrogen-bond acceptors (Lipinski definition) is 3. The Labute approximate surface area is 78.0 Å². The van der Waals surface area contributed by atoms with Gasteiger partial charge in [-0.15, -0.1) is 0 Å². The highest BCUT2D eigenvalue weighted by molar-refractivity contribution is 5.11. The Morgan fingerprint density at radius 2 is 2.54 bits per heavy atom. The normalized spacial score (nSPS) is 29.7. The second-order valence-corrected chi connectivity index (χ2v) is 4.02. The van der Waals surface area contributed by atoms with Crippen molar-refractivity contribution in [3.05, 3.63) is 24.2 Å². The van der Waals surface area contributed by atoms with Crippen molar-refractivity contribution < 1.29 is 9.52 Å². The molecule has 1 aliphatic heterocycles. The summed E-state index contributed by atoms with van der Waals surface area (Å²) in [5.41, 5.74) is 0.538. The molecule has 1 atom stereocenters. The van der Waals surface area contributed by atoms with Gasteiger partial charge in [-0.1, -0.05) is 0 Å². The number of likely N-dealkylation sites (tertiary alicyclic amines) is 1. The van der Waals surface area contributed by atoms with Crippen LogP contribution >= 0.6 is 0 Å². The van der Waals surface area contributed by atoms with Crippen molar-refractivity contribution in [3.63, 3.8) is 0 Å². The van der Waals surface area contributed by atoms with Crippen LogP contribution in [0.4, 0.5) is 0 Å². The average molecular weight is 181 g/mol. The maximum atomic E-state index is 10.2. The van der Waals surface area contributed by atoms with E-state index in [1.165, 1.54) is 0 Å². The quantitative estimate of drug-likeness (QED) is 0.736. The van der Waals surface area contributed by atoms with Crippen LogP contribution in [0.25, 0.3) is 0 Å². The van der Waals surface area contributed by atoms with Crippen molar-refractivity contribution in [1.82, 2.24) is 4.90 Å². The highest BCUT2D eigenvalue weighted by Crippen LogP contribution is 2.24. The minimum Gasteiger partial charge on any atom is -0.472 e. The molecule has 0 bridgehead atoms. The lowest BCUT2D eigenvalue weighted by Gasteiger charge is -2.21. The predicted molar refractivity (Wildman–Crippen MR) is 49.5 cm³/mol. The molecule has 0 radical (unpaired) electrons. The summed E-state index contributed by atoms with van der Waals surface area (Å²) < 4.78 is 4.97. The van der Waals surface area contributed by atoms with Gasteiger partial charge >= 0.3 is 0 Å². The summed E-state index contributed by atoms with van der Waals surface area (Å²) in [4.78, 5) is 2.15. The minimum atomic E-state index is -0.543. The first-order chi connectivity index (χ1) is 6.18. The number of nitrogens with zero attached hydrogens (tertiary/aromatic N) is 1. The highest BCUT2D eigenvalue weighted by Gasteiger charge is 2.34. The molecule has 1 fully saturated rings. The first-order valence-electron chi connectivity index (χ1n) is 4.60. The Balaban J connectivity index is 2.01. The van der Waals surface area contributed by atoms with Crippen LogP contribution in [-0.4, -0.2) is 35.7 Å². The van der Waals surface area contributed by atoms with E-state index in [0.717, 1.165) is 25.1 Å². The molecule has 0 saturated carbocycles. The van der Waals surface area contributed by atoms with Crippen molar-refractivity contribution in [3.8, 4) is 0 Å². The van der Waals surface area contributed by atoms with E-state index >= 15 is 0 Å². The Bertz CT molecular complexity index is 270. The third-order valence-corrected chi connectivity index (χ3v) is 2.64. The number of furan rings is 1. The summed E-state index contributed by atoms with van der Waals surface area (Å²) in [6, 6.07) is 1.91. The standard InChI is InChI=1S/C10H15NO2/c1-11-4-3-10(12,8-11)6-9-2-5-13-7-9/h2,5,7,12H,3-4,6,8H2,1H3. The smallest absolute Gasteiger partial charge is 0.0935 e. The van der Waals surface area contributed by atoms with Gasteiger partial charge in [-0.3, -0.25) is 0 Å². The molecule has 1 aliphatic rings. The lowest BCUT2D eigenvalue weighted by atomic mass is 9.95. The maximum absolute atomic E-state index is 10.2. The fourth-order valence-electron chi connectivity index (χ4n) is 1.98. The van der Waals surface area contributed by atoms with Crippen LogP contribution in [0.3, 0.4) is 0 Å². The summed E-state index contributed by atoms with van der Waals surface area (Å²) in [6.07, 6.45) is 4.91. The lowest BCUT2D eigenvalue weighted by molar-refractivity contribution is 0.0522.